The van der Waals surface area contributed by atoms with Gasteiger partial charge in [0.1, 0.15) is 0 Å². The quantitative estimate of drug-likeness (QED) is 0.515. The topological polar surface area (TPSA) is 83.6 Å². The van der Waals surface area contributed by atoms with Crippen LogP contribution in [0.4, 0.5) is 0 Å². The molecule has 0 aliphatic carbocycles. The van der Waals surface area contributed by atoms with Crippen LogP contribution >= 0.6 is 0 Å². The predicted octanol–water partition coefficient (Wildman–Crippen LogP) is 0.0638. The Morgan fingerprint density at radius 1 is 1.36 bits per heavy atom. The van der Waals surface area contributed by atoms with Gasteiger partial charge in [-0.3, -0.25) is 0 Å². The van der Waals surface area contributed by atoms with Gasteiger partial charge < -0.3 is 0 Å². The van der Waals surface area contributed by atoms with Crippen LogP contribution in [-0.4, -0.2) is 20.5 Å². The van der Waals surface area contributed by atoms with E-state index in [4.69, 9.17) is 0 Å². The molecule has 2 rings (SSSR count). The van der Waals surface area contributed by atoms with E-state index < -0.39 is 10.2 Å². The van der Waals surface area contributed by atoms with Crippen LogP contribution in [0, 0.1) is 0 Å². The first kappa shape index (κ1) is 6.35. The van der Waals surface area contributed by atoms with Crippen LogP contribution in [0.1, 0.15) is 0 Å². The minimum Gasteiger partial charge on any atom is -0.179 e. The smallest absolute Gasteiger partial charge is 0.179 e. The van der Waals surface area contributed by atoms with Crippen LogP contribution < -0.4 is 0 Å². The van der Waals surface area contributed by atoms with Crippen molar-refractivity contribution in [2.24, 2.45) is 19.0 Å². The molecule has 0 aromatic heterocycles. The lowest BCUT2D eigenvalue weighted by atomic mass is 10.3. The van der Waals surface area contributed by atoms with Gasteiger partial charge in [-0.25, -0.2) is 0 Å². The molecule has 2 aliphatic heterocycles. The minimum atomic E-state index is -3.67. The van der Waals surface area contributed by atoms with Crippen molar-refractivity contribution in [1.82, 2.24) is 0 Å². The van der Waals surface area contributed by atoms with Gasteiger partial charge >= 0.3 is 10.2 Å². The van der Waals surface area contributed by atoms with E-state index in [0.29, 0.717) is 5.57 Å². The lowest BCUT2D eigenvalue weighted by Gasteiger charge is -1.98. The van der Waals surface area contributed by atoms with Crippen LogP contribution in [0.3, 0.4) is 0 Å². The van der Waals surface area contributed by atoms with Crippen molar-refractivity contribution in [2.75, 3.05) is 0 Å². The number of amidine groups is 1. The third-order valence-corrected chi connectivity index (χ3v) is 1.91. The first-order valence-electron chi connectivity index (χ1n) is 2.69. The van der Waals surface area contributed by atoms with E-state index >= 15 is 0 Å². The summed E-state index contributed by atoms with van der Waals surface area (Å²) in [5, 5.41) is 6.94. The van der Waals surface area contributed by atoms with Gasteiger partial charge in [-0.05, 0) is 0 Å². The Bertz CT molecular complexity index is 413. The summed E-state index contributed by atoms with van der Waals surface area (Å²) in [6.45, 7) is 0. The molecule has 0 atom stereocenters. The molecule has 56 valence electrons. The normalized spacial score (nSPS) is 24.4. The summed E-state index contributed by atoms with van der Waals surface area (Å²) in [4.78, 5) is 0. The number of rotatable bonds is 0. The van der Waals surface area contributed by atoms with Crippen LogP contribution in [-0.2, 0) is 10.2 Å². The fraction of sp³-hybridized carbons (Fsp3) is 0. The highest BCUT2D eigenvalue weighted by atomic mass is 32.2. The highest BCUT2D eigenvalue weighted by Gasteiger charge is 2.19. The SMILES string of the molecule is O=S1(=O)N=CC2=CN=NC2=N1. The molecule has 0 radical (unpaired) electrons. The van der Waals surface area contributed by atoms with E-state index in [0.717, 1.165) is 0 Å². The van der Waals surface area contributed by atoms with E-state index in [1.165, 1.54) is 12.4 Å². The highest BCUT2D eigenvalue weighted by molar-refractivity contribution is 7.89. The van der Waals surface area contributed by atoms with Gasteiger partial charge in [0, 0.05) is 0 Å². The van der Waals surface area contributed by atoms with Gasteiger partial charge in [-0.2, -0.15) is 17.9 Å². The van der Waals surface area contributed by atoms with Crippen molar-refractivity contribution in [3.8, 4) is 0 Å². The Morgan fingerprint density at radius 3 is 3.00 bits per heavy atom. The lowest BCUT2D eigenvalue weighted by Crippen LogP contribution is -2.07. The van der Waals surface area contributed by atoms with Crippen molar-refractivity contribution < 1.29 is 8.42 Å². The van der Waals surface area contributed by atoms with Gasteiger partial charge in [-0.1, -0.05) is 0 Å². The number of hydrogen-bond donors (Lipinski definition) is 0. The zero-order valence-corrected chi connectivity index (χ0v) is 5.98. The summed E-state index contributed by atoms with van der Waals surface area (Å²) in [5.74, 6) is 0.111. The Kier molecular flexibility index (Phi) is 1.05. The lowest BCUT2D eigenvalue weighted by molar-refractivity contribution is 0.600. The monoisotopic (exact) mass is 170 g/mol. The summed E-state index contributed by atoms with van der Waals surface area (Å²) in [7, 11) is -3.67. The number of azo groups is 1. The van der Waals surface area contributed by atoms with Crippen molar-refractivity contribution in [3.63, 3.8) is 0 Å². The molecule has 0 aromatic carbocycles. The molecule has 7 heteroatoms. The number of hydrogen-bond acceptors (Lipinski definition) is 4. The molecule has 2 aliphatic rings. The van der Waals surface area contributed by atoms with Gasteiger partial charge in [-0.15, -0.1) is 9.51 Å². The second kappa shape index (κ2) is 1.82. The second-order valence-corrected chi connectivity index (χ2v) is 3.19. The van der Waals surface area contributed by atoms with Gasteiger partial charge in [0.25, 0.3) is 0 Å². The summed E-state index contributed by atoms with van der Waals surface area (Å²) in [6, 6.07) is 0. The molecule has 6 nitrogen and oxygen atoms in total. The minimum absolute atomic E-state index is 0.111. The van der Waals surface area contributed by atoms with Crippen LogP contribution in [0.15, 0.2) is 30.8 Å². The van der Waals surface area contributed by atoms with Crippen LogP contribution in [0.5, 0.6) is 0 Å². The fourth-order valence-corrected chi connectivity index (χ4v) is 1.33. The first-order valence-corrected chi connectivity index (χ1v) is 4.09. The summed E-state index contributed by atoms with van der Waals surface area (Å²) < 4.78 is 27.8. The molecule has 0 spiro atoms. The van der Waals surface area contributed by atoms with E-state index in [9.17, 15) is 8.42 Å². The van der Waals surface area contributed by atoms with Crippen molar-refractivity contribution in [1.29, 1.82) is 0 Å². The molecule has 0 amide bonds. The summed E-state index contributed by atoms with van der Waals surface area (Å²) in [6.07, 6.45) is 2.58. The standard InChI is InChI=1S/C4H2N4O2S/c9-11(10)6-2-3-1-5-7-4(3)8-11/h1-2H. The van der Waals surface area contributed by atoms with E-state index in [1.807, 2.05) is 0 Å². The maximum atomic E-state index is 10.7. The molecule has 2 heterocycles. The maximum Gasteiger partial charge on any atom is 0.365 e. The third-order valence-electron chi connectivity index (χ3n) is 1.13. The number of fused-ring (bicyclic) bond motifs is 1. The van der Waals surface area contributed by atoms with Gasteiger partial charge in [0.05, 0.1) is 18.0 Å². The Labute approximate surface area is 62.3 Å². The average Bonchev–Trinajstić information content (AvgIpc) is 2.31. The molecule has 0 bridgehead atoms. The Balaban J connectivity index is 2.62. The second-order valence-electron chi connectivity index (χ2n) is 1.90. The highest BCUT2D eigenvalue weighted by Crippen LogP contribution is 2.14. The molecule has 0 saturated carbocycles. The molecule has 0 aromatic rings. The third kappa shape index (κ3) is 0.984. The molecule has 0 fully saturated rings. The largest absolute Gasteiger partial charge is 0.365 e. The molecule has 0 N–H and O–H groups in total. The number of nitrogens with zero attached hydrogens (tertiary/aromatic N) is 4. The van der Waals surface area contributed by atoms with E-state index in [1.54, 1.807) is 0 Å². The van der Waals surface area contributed by atoms with Gasteiger partial charge in [0.15, 0.2) is 5.84 Å². The Hall–Kier alpha value is -1.37. The summed E-state index contributed by atoms with van der Waals surface area (Å²) in [5.41, 5.74) is 0.528. The van der Waals surface area contributed by atoms with E-state index in [2.05, 4.69) is 19.0 Å². The van der Waals surface area contributed by atoms with Crippen LogP contribution in [0.25, 0.3) is 0 Å². The molecule has 0 saturated heterocycles. The van der Waals surface area contributed by atoms with Crippen LogP contribution in [0.2, 0.25) is 0 Å². The molecular weight excluding hydrogens is 168 g/mol. The molecular formula is C4H2N4O2S. The Morgan fingerprint density at radius 2 is 2.18 bits per heavy atom. The van der Waals surface area contributed by atoms with E-state index in [-0.39, 0.29) is 5.84 Å². The first-order chi connectivity index (χ1) is 5.17. The van der Waals surface area contributed by atoms with Crippen molar-refractivity contribution in [2.45, 2.75) is 0 Å². The molecule has 11 heavy (non-hydrogen) atoms. The van der Waals surface area contributed by atoms with Gasteiger partial charge in [0.2, 0.25) is 0 Å². The molecule has 0 unspecified atom stereocenters. The zero-order chi connectivity index (χ0) is 7.90. The van der Waals surface area contributed by atoms with Crippen molar-refractivity contribution in [3.05, 3.63) is 11.8 Å². The summed E-state index contributed by atoms with van der Waals surface area (Å²) >= 11 is 0. The zero-order valence-electron chi connectivity index (χ0n) is 5.17. The predicted molar refractivity (Wildman–Crippen MR) is 37.8 cm³/mol. The fourth-order valence-electron chi connectivity index (χ4n) is 0.679. The van der Waals surface area contributed by atoms with Crippen molar-refractivity contribution >= 4 is 22.3 Å². The maximum absolute atomic E-state index is 10.7. The average molecular weight is 170 g/mol.